The van der Waals surface area contributed by atoms with Crippen molar-refractivity contribution in [2.24, 2.45) is 5.84 Å². The highest BCUT2D eigenvalue weighted by Gasteiger charge is 2.19. The normalized spacial score (nSPS) is 18.2. The maximum absolute atomic E-state index is 12.0. The molecule has 3 rings (SSSR count). The number of nitrogen functional groups attached to an aromatic ring is 1. The number of thioether (sulfide) groups is 1. The zero-order valence-electron chi connectivity index (χ0n) is 11.6. The highest BCUT2D eigenvalue weighted by molar-refractivity contribution is 7.98. The van der Waals surface area contributed by atoms with Crippen molar-refractivity contribution in [1.29, 1.82) is 0 Å². The first-order valence-electron chi connectivity index (χ1n) is 7.00. The van der Waals surface area contributed by atoms with E-state index in [-0.39, 0.29) is 5.91 Å². The number of carbonyl (C=O) groups is 1. The molecule has 1 aliphatic rings. The van der Waals surface area contributed by atoms with E-state index in [9.17, 15) is 4.79 Å². The Morgan fingerprint density at radius 3 is 3.10 bits per heavy atom. The fraction of sp³-hybridized carbons (Fsp3) is 0.400. The minimum Gasteiger partial charge on any atom is -0.377 e. The molecule has 1 aliphatic heterocycles. The molecule has 0 bridgehead atoms. The lowest BCUT2D eigenvalue weighted by Gasteiger charge is -2.09. The molecule has 0 saturated carbocycles. The van der Waals surface area contributed by atoms with Gasteiger partial charge in [-0.3, -0.25) is 10.2 Å². The average Bonchev–Trinajstić information content (AvgIpc) is 3.14. The van der Waals surface area contributed by atoms with E-state index >= 15 is 0 Å². The van der Waals surface area contributed by atoms with Crippen molar-refractivity contribution in [3.8, 4) is 0 Å². The number of benzene rings is 1. The number of ether oxygens (including phenoxy) is 1. The molecule has 1 unspecified atom stereocenters. The molecule has 1 fully saturated rings. The van der Waals surface area contributed by atoms with Gasteiger partial charge in [0.2, 0.25) is 0 Å². The van der Waals surface area contributed by atoms with E-state index in [0.717, 1.165) is 51.5 Å². The summed E-state index contributed by atoms with van der Waals surface area (Å²) in [6, 6.07) is 8.11. The SMILES string of the molecule is NNC(=O)c1sc2ccccc2c1CSCC1CCCO1. The van der Waals surface area contributed by atoms with Crippen molar-refractivity contribution >= 4 is 39.1 Å². The summed E-state index contributed by atoms with van der Waals surface area (Å²) < 4.78 is 6.77. The number of nitrogens with two attached hydrogens (primary N) is 1. The van der Waals surface area contributed by atoms with E-state index < -0.39 is 0 Å². The second-order valence-electron chi connectivity index (χ2n) is 5.03. The third-order valence-electron chi connectivity index (χ3n) is 3.61. The van der Waals surface area contributed by atoms with Gasteiger partial charge >= 0.3 is 0 Å². The molecule has 1 saturated heterocycles. The summed E-state index contributed by atoms with van der Waals surface area (Å²) in [6.45, 7) is 0.882. The van der Waals surface area contributed by atoms with Crippen molar-refractivity contribution < 1.29 is 9.53 Å². The van der Waals surface area contributed by atoms with E-state index in [1.807, 2.05) is 30.0 Å². The lowest BCUT2D eigenvalue weighted by atomic mass is 10.1. The van der Waals surface area contributed by atoms with Crippen LogP contribution in [-0.2, 0) is 10.5 Å². The van der Waals surface area contributed by atoms with Crippen molar-refractivity contribution in [3.63, 3.8) is 0 Å². The van der Waals surface area contributed by atoms with E-state index in [0.29, 0.717) is 6.10 Å². The number of thiophene rings is 1. The Kier molecular flexibility index (Phi) is 4.80. The van der Waals surface area contributed by atoms with Crippen LogP contribution in [0.2, 0.25) is 0 Å². The van der Waals surface area contributed by atoms with Gasteiger partial charge in [-0.15, -0.1) is 11.3 Å². The number of hydrazine groups is 1. The van der Waals surface area contributed by atoms with Crippen molar-refractivity contribution in [3.05, 3.63) is 34.7 Å². The van der Waals surface area contributed by atoms with Crippen LogP contribution in [0.5, 0.6) is 0 Å². The molecule has 0 aliphatic carbocycles. The Morgan fingerprint density at radius 1 is 1.48 bits per heavy atom. The molecule has 2 aromatic rings. The highest BCUT2D eigenvalue weighted by atomic mass is 32.2. The largest absolute Gasteiger partial charge is 0.377 e. The van der Waals surface area contributed by atoms with E-state index in [4.69, 9.17) is 10.6 Å². The Morgan fingerprint density at radius 2 is 2.33 bits per heavy atom. The standard InChI is InChI=1S/C15H18N2O2S2/c16-17-15(18)14-12(9-20-8-10-4-3-7-19-10)11-5-1-2-6-13(11)21-14/h1-2,5-6,10H,3-4,7-9,16H2,(H,17,18). The molecule has 21 heavy (non-hydrogen) atoms. The molecular weight excluding hydrogens is 304 g/mol. The number of carbonyl (C=O) groups excluding carboxylic acids is 1. The Balaban J connectivity index is 1.79. The van der Waals surface area contributed by atoms with Crippen LogP contribution in [-0.4, -0.2) is 24.4 Å². The summed E-state index contributed by atoms with van der Waals surface area (Å²) in [5.74, 6) is 6.89. The van der Waals surface area contributed by atoms with Crippen LogP contribution >= 0.6 is 23.1 Å². The lowest BCUT2D eigenvalue weighted by molar-refractivity contribution is 0.0957. The lowest BCUT2D eigenvalue weighted by Crippen LogP contribution is -2.29. The molecule has 6 heteroatoms. The Labute approximate surface area is 132 Å². The molecule has 1 aromatic heterocycles. The van der Waals surface area contributed by atoms with Gasteiger partial charge in [0.15, 0.2) is 0 Å². The van der Waals surface area contributed by atoms with Gasteiger partial charge in [-0.25, -0.2) is 5.84 Å². The molecule has 1 aromatic carbocycles. The summed E-state index contributed by atoms with van der Waals surface area (Å²) in [5, 5.41) is 1.15. The van der Waals surface area contributed by atoms with Crippen LogP contribution in [0.15, 0.2) is 24.3 Å². The van der Waals surface area contributed by atoms with Crippen molar-refractivity contribution in [2.75, 3.05) is 12.4 Å². The van der Waals surface area contributed by atoms with E-state index in [1.165, 1.54) is 11.3 Å². The molecule has 2 heterocycles. The maximum Gasteiger partial charge on any atom is 0.275 e. The molecule has 112 valence electrons. The summed E-state index contributed by atoms with van der Waals surface area (Å²) in [5.41, 5.74) is 3.34. The third-order valence-corrected chi connectivity index (χ3v) is 5.92. The number of fused-ring (bicyclic) bond motifs is 1. The van der Waals surface area contributed by atoms with Crippen LogP contribution < -0.4 is 11.3 Å². The first kappa shape index (κ1) is 14.8. The van der Waals surface area contributed by atoms with Crippen LogP contribution in [0.4, 0.5) is 0 Å². The average molecular weight is 322 g/mol. The molecule has 0 radical (unpaired) electrons. The summed E-state index contributed by atoms with van der Waals surface area (Å²) in [6.07, 6.45) is 2.67. The first-order chi connectivity index (χ1) is 10.3. The molecule has 0 spiro atoms. The van der Waals surface area contributed by atoms with Gasteiger partial charge < -0.3 is 4.74 Å². The zero-order valence-corrected chi connectivity index (χ0v) is 13.3. The van der Waals surface area contributed by atoms with Gasteiger partial charge in [-0.1, -0.05) is 18.2 Å². The predicted octanol–water partition coefficient (Wildman–Crippen LogP) is 2.92. The summed E-state index contributed by atoms with van der Waals surface area (Å²) >= 11 is 3.33. The van der Waals surface area contributed by atoms with Crippen molar-refractivity contribution in [1.82, 2.24) is 5.43 Å². The molecule has 4 nitrogen and oxygen atoms in total. The van der Waals surface area contributed by atoms with Crippen LogP contribution in [0, 0.1) is 0 Å². The molecule has 1 atom stereocenters. The Bertz CT molecular complexity index is 636. The Hall–Kier alpha value is -1.08. The zero-order chi connectivity index (χ0) is 14.7. The van der Waals surface area contributed by atoms with Crippen LogP contribution in [0.3, 0.4) is 0 Å². The van der Waals surface area contributed by atoms with E-state index in [2.05, 4.69) is 11.5 Å². The predicted molar refractivity (Wildman–Crippen MR) is 88.6 cm³/mol. The minimum atomic E-state index is -0.205. The number of amides is 1. The topological polar surface area (TPSA) is 64.3 Å². The summed E-state index contributed by atoms with van der Waals surface area (Å²) in [4.78, 5) is 12.7. The van der Waals surface area contributed by atoms with Crippen LogP contribution in [0.1, 0.15) is 28.1 Å². The molecular formula is C15H18N2O2S2. The van der Waals surface area contributed by atoms with Gasteiger partial charge in [-0.05, 0) is 29.9 Å². The van der Waals surface area contributed by atoms with Gasteiger partial charge in [0, 0.05) is 22.8 Å². The van der Waals surface area contributed by atoms with E-state index in [1.54, 1.807) is 0 Å². The van der Waals surface area contributed by atoms with Gasteiger partial charge in [0.05, 0.1) is 11.0 Å². The quantitative estimate of drug-likeness (QED) is 0.505. The highest BCUT2D eigenvalue weighted by Crippen LogP contribution is 2.34. The fourth-order valence-corrected chi connectivity index (χ4v) is 4.92. The number of nitrogens with one attached hydrogen (secondary N) is 1. The summed E-state index contributed by atoms with van der Waals surface area (Å²) in [7, 11) is 0. The second kappa shape index (κ2) is 6.79. The third kappa shape index (κ3) is 3.23. The molecule has 3 N–H and O–H groups in total. The van der Waals surface area contributed by atoms with Crippen LogP contribution in [0.25, 0.3) is 10.1 Å². The number of hydrogen-bond acceptors (Lipinski definition) is 5. The minimum absolute atomic E-state index is 0.205. The smallest absolute Gasteiger partial charge is 0.275 e. The number of hydrogen-bond donors (Lipinski definition) is 2. The van der Waals surface area contributed by atoms with Gasteiger partial charge in [0.1, 0.15) is 0 Å². The van der Waals surface area contributed by atoms with Gasteiger partial charge in [-0.2, -0.15) is 11.8 Å². The monoisotopic (exact) mass is 322 g/mol. The van der Waals surface area contributed by atoms with Crippen molar-refractivity contribution in [2.45, 2.75) is 24.7 Å². The molecule has 1 amide bonds. The fourth-order valence-electron chi connectivity index (χ4n) is 2.56. The maximum atomic E-state index is 12.0. The second-order valence-corrected chi connectivity index (χ2v) is 7.11. The van der Waals surface area contributed by atoms with Gasteiger partial charge in [0.25, 0.3) is 5.91 Å². The first-order valence-corrected chi connectivity index (χ1v) is 8.97. The number of rotatable bonds is 5.